The first-order chi connectivity index (χ1) is 9.24. The summed E-state index contributed by atoms with van der Waals surface area (Å²) in [6, 6.07) is 9.88. The quantitative estimate of drug-likeness (QED) is 0.893. The van der Waals surface area contributed by atoms with Gasteiger partial charge in [0.15, 0.2) is 0 Å². The summed E-state index contributed by atoms with van der Waals surface area (Å²) in [6.45, 7) is 7.40. The van der Waals surface area contributed by atoms with Crippen LogP contribution in [0.1, 0.15) is 19.7 Å². The molecule has 2 rings (SSSR count). The van der Waals surface area contributed by atoms with Crippen molar-refractivity contribution in [2.75, 3.05) is 18.5 Å². The molecule has 1 aromatic carbocycles. The molecule has 2 aromatic rings. The minimum atomic E-state index is 0.640. The van der Waals surface area contributed by atoms with Gasteiger partial charge < -0.3 is 10.1 Å². The first-order valence-corrected chi connectivity index (χ1v) is 6.56. The molecule has 0 bridgehead atoms. The summed E-state index contributed by atoms with van der Waals surface area (Å²) < 4.78 is 5.65. The fourth-order valence-corrected chi connectivity index (χ4v) is 1.94. The minimum absolute atomic E-state index is 0.640. The lowest BCUT2D eigenvalue weighted by molar-refractivity contribution is 0.341. The number of rotatable bonds is 5. The van der Waals surface area contributed by atoms with Crippen molar-refractivity contribution >= 4 is 5.82 Å². The van der Waals surface area contributed by atoms with E-state index in [9.17, 15) is 0 Å². The molecule has 0 aliphatic heterocycles. The molecule has 0 unspecified atom stereocenters. The smallest absolute Gasteiger partial charge is 0.130 e. The Morgan fingerprint density at radius 1 is 1.16 bits per heavy atom. The molecule has 0 saturated heterocycles. The Balaban J connectivity index is 2.46. The maximum atomic E-state index is 5.65. The number of nitrogens with zero attached hydrogens (tertiary/aromatic N) is 2. The van der Waals surface area contributed by atoms with Gasteiger partial charge in [0.2, 0.25) is 0 Å². The van der Waals surface area contributed by atoms with E-state index < -0.39 is 0 Å². The van der Waals surface area contributed by atoms with Crippen LogP contribution < -0.4 is 10.1 Å². The molecule has 0 amide bonds. The maximum absolute atomic E-state index is 5.65. The lowest BCUT2D eigenvalue weighted by atomic mass is 10.1. The molecular formula is C15H19N3O. The minimum Gasteiger partial charge on any atom is -0.493 e. The Morgan fingerprint density at radius 2 is 1.95 bits per heavy atom. The summed E-state index contributed by atoms with van der Waals surface area (Å²) in [5.41, 5.74) is 1.88. The fourth-order valence-electron chi connectivity index (χ4n) is 1.94. The molecule has 0 fully saturated rings. The molecule has 0 aliphatic rings. The number of benzene rings is 1. The third-order valence-electron chi connectivity index (χ3n) is 2.66. The maximum Gasteiger partial charge on any atom is 0.130 e. The van der Waals surface area contributed by atoms with E-state index in [4.69, 9.17) is 4.74 Å². The lowest BCUT2D eigenvalue weighted by Gasteiger charge is -2.11. The van der Waals surface area contributed by atoms with E-state index in [-0.39, 0.29) is 0 Å². The number of ether oxygens (including phenoxy) is 1. The number of nitrogens with one attached hydrogen (secondary N) is 1. The molecule has 1 aromatic heterocycles. The first-order valence-electron chi connectivity index (χ1n) is 6.56. The molecule has 100 valence electrons. The topological polar surface area (TPSA) is 47.0 Å². The van der Waals surface area contributed by atoms with Crippen molar-refractivity contribution in [3.8, 4) is 17.0 Å². The van der Waals surface area contributed by atoms with Crippen LogP contribution in [0.2, 0.25) is 0 Å². The number of para-hydroxylation sites is 1. The summed E-state index contributed by atoms with van der Waals surface area (Å²) in [4.78, 5) is 8.86. The molecule has 4 heteroatoms. The van der Waals surface area contributed by atoms with E-state index >= 15 is 0 Å². The van der Waals surface area contributed by atoms with Gasteiger partial charge in [-0.25, -0.2) is 9.97 Å². The van der Waals surface area contributed by atoms with Gasteiger partial charge in [-0.1, -0.05) is 12.1 Å². The highest BCUT2D eigenvalue weighted by Gasteiger charge is 2.09. The van der Waals surface area contributed by atoms with Crippen LogP contribution in [0.5, 0.6) is 5.75 Å². The average molecular weight is 257 g/mol. The largest absolute Gasteiger partial charge is 0.493 e. The molecule has 0 atom stereocenters. The third kappa shape index (κ3) is 3.22. The number of aryl methyl sites for hydroxylation is 1. The number of hydrogen-bond donors (Lipinski definition) is 1. The number of hydrogen-bond acceptors (Lipinski definition) is 4. The normalized spacial score (nSPS) is 10.3. The Morgan fingerprint density at radius 3 is 2.68 bits per heavy atom. The van der Waals surface area contributed by atoms with Crippen LogP contribution in [0.15, 0.2) is 30.3 Å². The SMILES string of the molecule is CCNc1cc(-c2ccccc2OCC)nc(C)n1. The zero-order chi connectivity index (χ0) is 13.7. The summed E-state index contributed by atoms with van der Waals surface area (Å²) in [7, 11) is 0. The van der Waals surface area contributed by atoms with Crippen LogP contribution in [0.4, 0.5) is 5.82 Å². The summed E-state index contributed by atoms with van der Waals surface area (Å²) >= 11 is 0. The standard InChI is InChI=1S/C15H19N3O/c1-4-16-15-10-13(17-11(3)18-15)12-8-6-7-9-14(12)19-5-2/h6-10H,4-5H2,1-3H3,(H,16,17,18). The van der Waals surface area contributed by atoms with Crippen molar-refractivity contribution in [3.05, 3.63) is 36.2 Å². The van der Waals surface area contributed by atoms with Crippen LogP contribution in [-0.2, 0) is 0 Å². The van der Waals surface area contributed by atoms with Crippen LogP contribution in [0, 0.1) is 6.92 Å². The van der Waals surface area contributed by atoms with Crippen LogP contribution in [-0.4, -0.2) is 23.1 Å². The van der Waals surface area contributed by atoms with Crippen LogP contribution in [0.3, 0.4) is 0 Å². The van der Waals surface area contributed by atoms with E-state index in [1.165, 1.54) is 0 Å². The van der Waals surface area contributed by atoms with Crippen LogP contribution >= 0.6 is 0 Å². The Labute approximate surface area is 113 Å². The molecule has 19 heavy (non-hydrogen) atoms. The van der Waals surface area contributed by atoms with E-state index in [2.05, 4.69) is 15.3 Å². The second-order valence-corrected chi connectivity index (χ2v) is 4.15. The van der Waals surface area contributed by atoms with Gasteiger partial charge in [-0.15, -0.1) is 0 Å². The first kappa shape index (κ1) is 13.3. The molecule has 4 nitrogen and oxygen atoms in total. The zero-order valence-corrected chi connectivity index (χ0v) is 11.6. The monoisotopic (exact) mass is 257 g/mol. The van der Waals surface area contributed by atoms with E-state index in [0.29, 0.717) is 6.61 Å². The lowest BCUT2D eigenvalue weighted by Crippen LogP contribution is -2.03. The molecule has 1 N–H and O–H groups in total. The molecule has 1 heterocycles. The van der Waals surface area contributed by atoms with Crippen molar-refractivity contribution in [3.63, 3.8) is 0 Å². The Hall–Kier alpha value is -2.10. The highest BCUT2D eigenvalue weighted by atomic mass is 16.5. The number of aromatic nitrogens is 2. The molecule has 0 aliphatic carbocycles. The second kappa shape index (κ2) is 6.18. The van der Waals surface area contributed by atoms with Crippen molar-refractivity contribution in [2.24, 2.45) is 0 Å². The van der Waals surface area contributed by atoms with E-state index in [0.717, 1.165) is 35.2 Å². The summed E-state index contributed by atoms with van der Waals surface area (Å²) in [5, 5.41) is 3.22. The van der Waals surface area contributed by atoms with E-state index in [1.54, 1.807) is 0 Å². The Kier molecular flexibility index (Phi) is 4.34. The van der Waals surface area contributed by atoms with Crippen molar-refractivity contribution < 1.29 is 4.74 Å². The molecule has 0 spiro atoms. The van der Waals surface area contributed by atoms with Gasteiger partial charge in [0, 0.05) is 18.2 Å². The predicted molar refractivity (Wildman–Crippen MR) is 77.5 cm³/mol. The van der Waals surface area contributed by atoms with Crippen LogP contribution in [0.25, 0.3) is 11.3 Å². The van der Waals surface area contributed by atoms with Gasteiger partial charge in [-0.05, 0) is 32.9 Å². The zero-order valence-electron chi connectivity index (χ0n) is 11.6. The van der Waals surface area contributed by atoms with Gasteiger partial charge >= 0.3 is 0 Å². The second-order valence-electron chi connectivity index (χ2n) is 4.15. The number of anilines is 1. The van der Waals surface area contributed by atoms with Gasteiger partial charge in [0.1, 0.15) is 17.4 Å². The van der Waals surface area contributed by atoms with Gasteiger partial charge in [0.05, 0.1) is 12.3 Å². The highest BCUT2D eigenvalue weighted by molar-refractivity contribution is 5.69. The fraction of sp³-hybridized carbons (Fsp3) is 0.333. The third-order valence-corrected chi connectivity index (χ3v) is 2.66. The van der Waals surface area contributed by atoms with E-state index in [1.807, 2.05) is 51.1 Å². The van der Waals surface area contributed by atoms with Gasteiger partial charge in [-0.3, -0.25) is 0 Å². The molecule has 0 radical (unpaired) electrons. The van der Waals surface area contributed by atoms with Crippen molar-refractivity contribution in [1.29, 1.82) is 0 Å². The average Bonchev–Trinajstić information content (AvgIpc) is 2.39. The van der Waals surface area contributed by atoms with Gasteiger partial charge in [0.25, 0.3) is 0 Å². The summed E-state index contributed by atoms with van der Waals surface area (Å²) in [6.07, 6.45) is 0. The van der Waals surface area contributed by atoms with Crippen molar-refractivity contribution in [2.45, 2.75) is 20.8 Å². The van der Waals surface area contributed by atoms with Gasteiger partial charge in [-0.2, -0.15) is 0 Å². The molecular weight excluding hydrogens is 238 g/mol. The highest BCUT2D eigenvalue weighted by Crippen LogP contribution is 2.29. The molecule has 0 saturated carbocycles. The Bertz CT molecular complexity index is 555. The predicted octanol–water partition coefficient (Wildman–Crippen LogP) is 3.28. The van der Waals surface area contributed by atoms with Crippen molar-refractivity contribution in [1.82, 2.24) is 9.97 Å². The summed E-state index contributed by atoms with van der Waals surface area (Å²) in [5.74, 6) is 2.45.